The SMILES string of the molecule is C=C(N)C(=O)NCCc1ccccn1. The fraction of sp³-hybridized carbons (Fsp3) is 0.200. The minimum atomic E-state index is -0.319. The molecule has 74 valence electrons. The fourth-order valence-electron chi connectivity index (χ4n) is 0.964. The summed E-state index contributed by atoms with van der Waals surface area (Å²) < 4.78 is 0. The summed E-state index contributed by atoms with van der Waals surface area (Å²) in [4.78, 5) is 15.1. The van der Waals surface area contributed by atoms with Gasteiger partial charge in [0, 0.05) is 24.9 Å². The van der Waals surface area contributed by atoms with Gasteiger partial charge in [-0.25, -0.2) is 0 Å². The average Bonchev–Trinajstić information content (AvgIpc) is 2.19. The van der Waals surface area contributed by atoms with Crippen LogP contribution in [0.25, 0.3) is 0 Å². The van der Waals surface area contributed by atoms with Crippen molar-refractivity contribution in [3.63, 3.8) is 0 Å². The van der Waals surface area contributed by atoms with Gasteiger partial charge in [0.25, 0.3) is 5.91 Å². The Labute approximate surface area is 82.8 Å². The van der Waals surface area contributed by atoms with Crippen LogP contribution in [0.2, 0.25) is 0 Å². The molecule has 0 aliphatic heterocycles. The van der Waals surface area contributed by atoms with Crippen LogP contribution < -0.4 is 11.1 Å². The van der Waals surface area contributed by atoms with E-state index in [1.165, 1.54) is 0 Å². The van der Waals surface area contributed by atoms with E-state index in [9.17, 15) is 4.79 Å². The number of hydrogen-bond acceptors (Lipinski definition) is 3. The number of pyridine rings is 1. The zero-order chi connectivity index (χ0) is 10.4. The predicted octanol–water partition coefficient (Wildman–Crippen LogP) is 0.213. The van der Waals surface area contributed by atoms with E-state index in [1.54, 1.807) is 6.20 Å². The lowest BCUT2D eigenvalue weighted by Crippen LogP contribution is -2.29. The van der Waals surface area contributed by atoms with E-state index < -0.39 is 0 Å². The maximum Gasteiger partial charge on any atom is 0.266 e. The van der Waals surface area contributed by atoms with Crippen LogP contribution in [0.1, 0.15) is 5.69 Å². The Morgan fingerprint density at radius 3 is 2.93 bits per heavy atom. The van der Waals surface area contributed by atoms with Crippen molar-refractivity contribution in [2.45, 2.75) is 6.42 Å². The molecule has 0 saturated heterocycles. The van der Waals surface area contributed by atoms with Gasteiger partial charge in [-0.3, -0.25) is 9.78 Å². The number of carbonyl (C=O) groups is 1. The molecule has 0 saturated carbocycles. The van der Waals surface area contributed by atoms with Gasteiger partial charge >= 0.3 is 0 Å². The second-order valence-corrected chi connectivity index (χ2v) is 2.85. The van der Waals surface area contributed by atoms with E-state index >= 15 is 0 Å². The van der Waals surface area contributed by atoms with E-state index in [0.717, 1.165) is 5.69 Å². The van der Waals surface area contributed by atoms with E-state index in [-0.39, 0.29) is 11.6 Å². The number of rotatable bonds is 4. The summed E-state index contributed by atoms with van der Waals surface area (Å²) in [6, 6.07) is 5.67. The van der Waals surface area contributed by atoms with Crippen LogP contribution in [0.5, 0.6) is 0 Å². The molecule has 3 N–H and O–H groups in total. The summed E-state index contributed by atoms with van der Waals surface area (Å²) in [5.74, 6) is -0.319. The Hall–Kier alpha value is -1.84. The molecule has 1 aromatic heterocycles. The van der Waals surface area contributed by atoms with Gasteiger partial charge in [-0.2, -0.15) is 0 Å². The van der Waals surface area contributed by atoms with Crippen molar-refractivity contribution in [2.75, 3.05) is 6.54 Å². The first-order valence-corrected chi connectivity index (χ1v) is 4.32. The van der Waals surface area contributed by atoms with Crippen molar-refractivity contribution < 1.29 is 4.79 Å². The van der Waals surface area contributed by atoms with Crippen molar-refractivity contribution in [1.29, 1.82) is 0 Å². The van der Waals surface area contributed by atoms with Gasteiger partial charge in [-0.05, 0) is 12.1 Å². The van der Waals surface area contributed by atoms with E-state index in [1.807, 2.05) is 18.2 Å². The quantitative estimate of drug-likeness (QED) is 0.669. The van der Waals surface area contributed by atoms with Crippen LogP contribution in [0, 0.1) is 0 Å². The van der Waals surface area contributed by atoms with Crippen molar-refractivity contribution in [2.24, 2.45) is 5.73 Å². The maximum absolute atomic E-state index is 11.0. The maximum atomic E-state index is 11.0. The molecule has 1 rings (SSSR count). The van der Waals surface area contributed by atoms with Gasteiger partial charge in [0.05, 0.1) is 5.70 Å². The first-order chi connectivity index (χ1) is 6.70. The molecule has 0 unspecified atom stereocenters. The van der Waals surface area contributed by atoms with Gasteiger partial charge in [0.15, 0.2) is 0 Å². The molecule has 0 aliphatic rings. The van der Waals surface area contributed by atoms with Crippen LogP contribution in [-0.2, 0) is 11.2 Å². The van der Waals surface area contributed by atoms with Crippen molar-refractivity contribution >= 4 is 5.91 Å². The van der Waals surface area contributed by atoms with E-state index in [0.29, 0.717) is 13.0 Å². The van der Waals surface area contributed by atoms with Gasteiger partial charge in [0.1, 0.15) is 0 Å². The largest absolute Gasteiger partial charge is 0.395 e. The number of nitrogens with two attached hydrogens (primary N) is 1. The first kappa shape index (κ1) is 10.2. The topological polar surface area (TPSA) is 68.0 Å². The smallest absolute Gasteiger partial charge is 0.266 e. The highest BCUT2D eigenvalue weighted by atomic mass is 16.1. The lowest BCUT2D eigenvalue weighted by Gasteiger charge is -2.03. The molecule has 4 nitrogen and oxygen atoms in total. The first-order valence-electron chi connectivity index (χ1n) is 4.32. The van der Waals surface area contributed by atoms with Crippen LogP contribution in [0.4, 0.5) is 0 Å². The van der Waals surface area contributed by atoms with E-state index in [2.05, 4.69) is 16.9 Å². The highest BCUT2D eigenvalue weighted by Crippen LogP contribution is 1.93. The number of aromatic nitrogens is 1. The summed E-state index contributed by atoms with van der Waals surface area (Å²) in [7, 11) is 0. The molecular formula is C10H13N3O. The second-order valence-electron chi connectivity index (χ2n) is 2.85. The highest BCUT2D eigenvalue weighted by Gasteiger charge is 2.00. The van der Waals surface area contributed by atoms with Gasteiger partial charge in [-0.15, -0.1) is 0 Å². The Bertz CT molecular complexity index is 321. The van der Waals surface area contributed by atoms with E-state index in [4.69, 9.17) is 5.73 Å². The minimum absolute atomic E-state index is 0.0334. The molecule has 0 spiro atoms. The summed E-state index contributed by atoms with van der Waals surface area (Å²) in [5.41, 5.74) is 6.17. The number of amides is 1. The summed E-state index contributed by atoms with van der Waals surface area (Å²) in [6.07, 6.45) is 2.42. The van der Waals surface area contributed by atoms with Gasteiger partial charge < -0.3 is 11.1 Å². The molecular weight excluding hydrogens is 178 g/mol. The van der Waals surface area contributed by atoms with Crippen LogP contribution in [0.15, 0.2) is 36.7 Å². The molecule has 1 amide bonds. The Kier molecular flexibility index (Phi) is 3.67. The predicted molar refractivity (Wildman–Crippen MR) is 54.3 cm³/mol. The third-order valence-corrected chi connectivity index (χ3v) is 1.68. The average molecular weight is 191 g/mol. The van der Waals surface area contributed by atoms with Crippen LogP contribution in [-0.4, -0.2) is 17.4 Å². The van der Waals surface area contributed by atoms with Gasteiger partial charge in [-0.1, -0.05) is 12.6 Å². The Morgan fingerprint density at radius 1 is 1.57 bits per heavy atom. The summed E-state index contributed by atoms with van der Waals surface area (Å²) >= 11 is 0. The standard InChI is InChI=1S/C10H13N3O/c1-8(11)10(14)13-7-5-9-4-2-3-6-12-9/h2-4,6H,1,5,7,11H2,(H,13,14). The Morgan fingerprint density at radius 2 is 2.36 bits per heavy atom. The lowest BCUT2D eigenvalue weighted by molar-refractivity contribution is -0.117. The molecule has 1 aromatic rings. The number of nitrogens with one attached hydrogen (secondary N) is 1. The monoisotopic (exact) mass is 191 g/mol. The minimum Gasteiger partial charge on any atom is -0.395 e. The molecule has 0 fully saturated rings. The zero-order valence-electron chi connectivity index (χ0n) is 7.86. The number of nitrogens with zero attached hydrogens (tertiary/aromatic N) is 1. The van der Waals surface area contributed by atoms with Crippen molar-refractivity contribution in [3.05, 3.63) is 42.4 Å². The molecule has 0 aromatic carbocycles. The van der Waals surface area contributed by atoms with Crippen molar-refractivity contribution in [3.8, 4) is 0 Å². The summed E-state index contributed by atoms with van der Waals surface area (Å²) in [6.45, 7) is 3.85. The summed E-state index contributed by atoms with van der Waals surface area (Å²) in [5, 5.41) is 2.63. The lowest BCUT2D eigenvalue weighted by atomic mass is 10.3. The molecule has 0 aliphatic carbocycles. The van der Waals surface area contributed by atoms with Gasteiger partial charge in [0.2, 0.25) is 0 Å². The van der Waals surface area contributed by atoms with Crippen LogP contribution in [0.3, 0.4) is 0 Å². The fourth-order valence-corrected chi connectivity index (χ4v) is 0.964. The normalized spacial score (nSPS) is 9.43. The molecule has 0 radical (unpaired) electrons. The number of carbonyl (C=O) groups excluding carboxylic acids is 1. The molecule has 1 heterocycles. The van der Waals surface area contributed by atoms with Crippen LogP contribution >= 0.6 is 0 Å². The zero-order valence-corrected chi connectivity index (χ0v) is 7.86. The second kappa shape index (κ2) is 5.01. The molecule has 4 heteroatoms. The molecule has 14 heavy (non-hydrogen) atoms. The van der Waals surface area contributed by atoms with Crippen molar-refractivity contribution in [1.82, 2.24) is 10.3 Å². The third-order valence-electron chi connectivity index (χ3n) is 1.68. The Balaban J connectivity index is 2.29. The number of hydrogen-bond donors (Lipinski definition) is 2. The highest BCUT2D eigenvalue weighted by molar-refractivity contribution is 5.91. The third kappa shape index (κ3) is 3.26. The molecule has 0 bridgehead atoms. The molecule has 0 atom stereocenters.